The molecular weight excluding hydrogens is 328 g/mol. The van der Waals surface area contributed by atoms with Gasteiger partial charge in [0.1, 0.15) is 0 Å². The van der Waals surface area contributed by atoms with E-state index in [1.807, 2.05) is 24.0 Å². The average Bonchev–Trinajstić information content (AvgIpc) is 2.63. The smallest absolute Gasteiger partial charge is 0.253 e. The molecule has 2 aromatic rings. The number of amides is 1. The van der Waals surface area contributed by atoms with Gasteiger partial charge in [0.25, 0.3) is 5.91 Å². The van der Waals surface area contributed by atoms with Crippen molar-refractivity contribution in [3.63, 3.8) is 0 Å². The van der Waals surface area contributed by atoms with Crippen molar-refractivity contribution in [3.05, 3.63) is 47.0 Å². The van der Waals surface area contributed by atoms with Crippen LogP contribution in [0.2, 0.25) is 5.02 Å². The number of ether oxygens (including phenoxy) is 1. The van der Waals surface area contributed by atoms with E-state index in [1.54, 1.807) is 24.3 Å². The maximum Gasteiger partial charge on any atom is 0.253 e. The molecule has 1 saturated heterocycles. The van der Waals surface area contributed by atoms with Crippen LogP contribution in [0.4, 0.5) is 5.82 Å². The SMILES string of the molecule is CCOc1ccc(N2CCN(C(=O)c3ccc(Cl)cc3)CC2)nn1. The molecule has 0 radical (unpaired) electrons. The molecule has 1 aliphatic heterocycles. The number of benzene rings is 1. The van der Waals surface area contributed by atoms with E-state index in [0.29, 0.717) is 36.2 Å². The molecule has 126 valence electrons. The zero-order valence-electron chi connectivity index (χ0n) is 13.5. The van der Waals surface area contributed by atoms with E-state index in [0.717, 1.165) is 18.9 Å². The fraction of sp³-hybridized carbons (Fsp3) is 0.353. The van der Waals surface area contributed by atoms with Gasteiger partial charge in [-0.3, -0.25) is 4.79 Å². The molecule has 1 aliphatic rings. The molecule has 6 nitrogen and oxygen atoms in total. The molecule has 0 saturated carbocycles. The van der Waals surface area contributed by atoms with Crippen LogP contribution >= 0.6 is 11.6 Å². The first-order valence-electron chi connectivity index (χ1n) is 7.93. The highest BCUT2D eigenvalue weighted by Gasteiger charge is 2.23. The molecule has 1 amide bonds. The molecule has 0 spiro atoms. The van der Waals surface area contributed by atoms with Gasteiger partial charge in [-0.15, -0.1) is 10.2 Å². The first-order chi connectivity index (χ1) is 11.7. The Hall–Kier alpha value is -2.34. The van der Waals surface area contributed by atoms with E-state index in [4.69, 9.17) is 16.3 Å². The van der Waals surface area contributed by atoms with Gasteiger partial charge >= 0.3 is 0 Å². The highest BCUT2D eigenvalue weighted by molar-refractivity contribution is 6.30. The molecule has 0 bridgehead atoms. The predicted molar refractivity (Wildman–Crippen MR) is 92.8 cm³/mol. The summed E-state index contributed by atoms with van der Waals surface area (Å²) in [4.78, 5) is 16.5. The Bertz CT molecular complexity index is 683. The summed E-state index contributed by atoms with van der Waals surface area (Å²) in [6, 6.07) is 10.7. The van der Waals surface area contributed by atoms with Gasteiger partial charge in [0, 0.05) is 42.8 Å². The molecule has 0 unspecified atom stereocenters. The number of halogens is 1. The first kappa shape index (κ1) is 16.5. The number of piperazine rings is 1. The summed E-state index contributed by atoms with van der Waals surface area (Å²) >= 11 is 5.87. The van der Waals surface area contributed by atoms with Crippen LogP contribution < -0.4 is 9.64 Å². The summed E-state index contributed by atoms with van der Waals surface area (Å²) in [5.74, 6) is 1.36. The third kappa shape index (κ3) is 3.76. The number of aromatic nitrogens is 2. The first-order valence-corrected chi connectivity index (χ1v) is 8.31. The lowest BCUT2D eigenvalue weighted by Gasteiger charge is -2.35. The number of hydrogen-bond donors (Lipinski definition) is 0. The maximum absolute atomic E-state index is 12.5. The lowest BCUT2D eigenvalue weighted by Crippen LogP contribution is -2.49. The third-order valence-corrected chi connectivity index (χ3v) is 4.15. The number of carbonyl (C=O) groups is 1. The highest BCUT2D eigenvalue weighted by Crippen LogP contribution is 2.17. The van der Waals surface area contributed by atoms with Gasteiger partial charge in [-0.1, -0.05) is 11.6 Å². The Morgan fingerprint density at radius 1 is 1.08 bits per heavy atom. The summed E-state index contributed by atoms with van der Waals surface area (Å²) in [5, 5.41) is 8.87. The zero-order valence-corrected chi connectivity index (χ0v) is 14.2. The highest BCUT2D eigenvalue weighted by atomic mass is 35.5. The van der Waals surface area contributed by atoms with Crippen molar-refractivity contribution >= 4 is 23.3 Å². The minimum atomic E-state index is 0.0316. The predicted octanol–water partition coefficient (Wildman–Crippen LogP) is 2.49. The second-order valence-corrected chi connectivity index (χ2v) is 5.89. The Morgan fingerprint density at radius 2 is 1.79 bits per heavy atom. The van der Waals surface area contributed by atoms with Crippen LogP contribution in [0, 0.1) is 0 Å². The molecule has 0 aliphatic carbocycles. The van der Waals surface area contributed by atoms with Gasteiger partial charge < -0.3 is 14.5 Å². The van der Waals surface area contributed by atoms with E-state index in [2.05, 4.69) is 15.1 Å². The van der Waals surface area contributed by atoms with E-state index in [9.17, 15) is 4.79 Å². The Morgan fingerprint density at radius 3 is 2.38 bits per heavy atom. The Labute approximate surface area is 146 Å². The van der Waals surface area contributed by atoms with Crippen molar-refractivity contribution in [1.29, 1.82) is 0 Å². The maximum atomic E-state index is 12.5. The van der Waals surface area contributed by atoms with Crippen molar-refractivity contribution in [2.75, 3.05) is 37.7 Å². The fourth-order valence-electron chi connectivity index (χ4n) is 2.62. The largest absolute Gasteiger partial charge is 0.477 e. The minimum Gasteiger partial charge on any atom is -0.477 e. The Balaban J connectivity index is 1.59. The summed E-state index contributed by atoms with van der Waals surface area (Å²) in [6.45, 7) is 5.22. The van der Waals surface area contributed by atoms with Crippen molar-refractivity contribution in [2.24, 2.45) is 0 Å². The monoisotopic (exact) mass is 346 g/mol. The summed E-state index contributed by atoms with van der Waals surface area (Å²) in [6.07, 6.45) is 0. The van der Waals surface area contributed by atoms with Crippen LogP contribution in [0.25, 0.3) is 0 Å². The number of rotatable bonds is 4. The molecule has 7 heteroatoms. The van der Waals surface area contributed by atoms with Crippen molar-refractivity contribution in [2.45, 2.75) is 6.92 Å². The van der Waals surface area contributed by atoms with Crippen LogP contribution in [-0.4, -0.2) is 53.8 Å². The van der Waals surface area contributed by atoms with E-state index < -0.39 is 0 Å². The van der Waals surface area contributed by atoms with Crippen LogP contribution in [0.1, 0.15) is 17.3 Å². The number of anilines is 1. The topological polar surface area (TPSA) is 58.6 Å². The van der Waals surface area contributed by atoms with E-state index in [-0.39, 0.29) is 5.91 Å². The quantitative estimate of drug-likeness (QED) is 0.851. The van der Waals surface area contributed by atoms with Crippen molar-refractivity contribution in [3.8, 4) is 5.88 Å². The van der Waals surface area contributed by atoms with Gasteiger partial charge in [0.2, 0.25) is 5.88 Å². The van der Waals surface area contributed by atoms with Crippen LogP contribution in [0.15, 0.2) is 36.4 Å². The second kappa shape index (κ2) is 7.49. The minimum absolute atomic E-state index is 0.0316. The summed E-state index contributed by atoms with van der Waals surface area (Å²) < 4.78 is 5.30. The van der Waals surface area contributed by atoms with Crippen molar-refractivity contribution in [1.82, 2.24) is 15.1 Å². The van der Waals surface area contributed by atoms with Crippen molar-refractivity contribution < 1.29 is 9.53 Å². The van der Waals surface area contributed by atoms with Gasteiger partial charge in [0.15, 0.2) is 5.82 Å². The third-order valence-electron chi connectivity index (χ3n) is 3.90. The standard InChI is InChI=1S/C17H19ClN4O2/c1-2-24-16-8-7-15(19-20-16)21-9-11-22(12-10-21)17(23)13-3-5-14(18)6-4-13/h3-8H,2,9-12H2,1H3. The molecule has 0 N–H and O–H groups in total. The van der Waals surface area contributed by atoms with Gasteiger partial charge in [-0.2, -0.15) is 0 Å². The number of nitrogens with zero attached hydrogens (tertiary/aromatic N) is 4. The normalized spacial score (nSPS) is 14.6. The van der Waals surface area contributed by atoms with Gasteiger partial charge in [-0.05, 0) is 37.3 Å². The lowest BCUT2D eigenvalue weighted by molar-refractivity contribution is 0.0746. The van der Waals surface area contributed by atoms with Crippen LogP contribution in [0.5, 0.6) is 5.88 Å². The van der Waals surface area contributed by atoms with E-state index >= 15 is 0 Å². The van der Waals surface area contributed by atoms with Crippen LogP contribution in [0.3, 0.4) is 0 Å². The molecule has 24 heavy (non-hydrogen) atoms. The molecule has 3 rings (SSSR count). The molecule has 1 aromatic carbocycles. The number of hydrogen-bond acceptors (Lipinski definition) is 5. The van der Waals surface area contributed by atoms with Gasteiger partial charge in [0.05, 0.1) is 6.61 Å². The summed E-state index contributed by atoms with van der Waals surface area (Å²) in [7, 11) is 0. The molecule has 1 aromatic heterocycles. The number of carbonyl (C=O) groups excluding carboxylic acids is 1. The molecule has 2 heterocycles. The molecular formula is C17H19ClN4O2. The Kier molecular flexibility index (Phi) is 5.15. The lowest BCUT2D eigenvalue weighted by atomic mass is 10.2. The second-order valence-electron chi connectivity index (χ2n) is 5.45. The molecule has 1 fully saturated rings. The van der Waals surface area contributed by atoms with Crippen LogP contribution in [-0.2, 0) is 0 Å². The van der Waals surface area contributed by atoms with Gasteiger partial charge in [-0.25, -0.2) is 0 Å². The van der Waals surface area contributed by atoms with E-state index in [1.165, 1.54) is 0 Å². The average molecular weight is 347 g/mol. The molecule has 0 atom stereocenters. The summed E-state index contributed by atoms with van der Waals surface area (Å²) in [5.41, 5.74) is 0.661. The fourth-order valence-corrected chi connectivity index (χ4v) is 2.75. The zero-order chi connectivity index (χ0) is 16.9.